The van der Waals surface area contributed by atoms with Crippen LogP contribution in [0.1, 0.15) is 6.92 Å². The van der Waals surface area contributed by atoms with Gasteiger partial charge >= 0.3 is 5.69 Å². The first-order valence-corrected chi connectivity index (χ1v) is 4.09. The van der Waals surface area contributed by atoms with Crippen molar-refractivity contribution in [2.45, 2.75) is 6.92 Å². The van der Waals surface area contributed by atoms with E-state index in [0.717, 1.165) is 0 Å². The topological polar surface area (TPSA) is 52.4 Å². The number of rotatable bonds is 3. The minimum absolute atomic E-state index is 0.102. The SMILES string of the molecule is CCOc1ccc(Cl)cc1[N+](=O)[O-]. The number of benzene rings is 1. The van der Waals surface area contributed by atoms with Crippen molar-refractivity contribution in [2.75, 3.05) is 6.61 Å². The molecule has 0 atom stereocenters. The van der Waals surface area contributed by atoms with Crippen LogP contribution in [-0.4, -0.2) is 11.5 Å². The molecule has 0 aromatic heterocycles. The zero-order valence-corrected chi connectivity index (χ0v) is 7.75. The lowest BCUT2D eigenvalue weighted by Gasteiger charge is -2.03. The molecule has 0 bridgehead atoms. The monoisotopic (exact) mass is 201 g/mol. The fourth-order valence-electron chi connectivity index (χ4n) is 0.911. The zero-order chi connectivity index (χ0) is 9.84. The van der Waals surface area contributed by atoms with Gasteiger partial charge in [-0.3, -0.25) is 10.1 Å². The molecule has 1 aromatic rings. The molecule has 4 nitrogen and oxygen atoms in total. The van der Waals surface area contributed by atoms with E-state index in [0.29, 0.717) is 11.6 Å². The Bertz CT molecular complexity index is 327. The number of halogens is 1. The van der Waals surface area contributed by atoms with Crippen molar-refractivity contribution in [3.8, 4) is 5.75 Å². The number of ether oxygens (including phenoxy) is 1. The van der Waals surface area contributed by atoms with E-state index in [4.69, 9.17) is 16.3 Å². The standard InChI is InChI=1S/C8H8ClNO3/c1-2-13-8-4-3-6(9)5-7(8)10(11)12/h3-5H,2H2,1H3. The minimum atomic E-state index is -0.517. The van der Waals surface area contributed by atoms with Crippen molar-refractivity contribution in [3.05, 3.63) is 33.3 Å². The minimum Gasteiger partial charge on any atom is -0.487 e. The molecule has 0 saturated heterocycles. The fraction of sp³-hybridized carbons (Fsp3) is 0.250. The molecule has 0 N–H and O–H groups in total. The molecule has 0 amide bonds. The molecular weight excluding hydrogens is 194 g/mol. The predicted molar refractivity (Wildman–Crippen MR) is 49.3 cm³/mol. The van der Waals surface area contributed by atoms with Gasteiger partial charge in [0.2, 0.25) is 0 Å². The van der Waals surface area contributed by atoms with Crippen LogP contribution in [-0.2, 0) is 0 Å². The molecule has 1 rings (SSSR count). The molecule has 0 radical (unpaired) electrons. The molecule has 0 unspecified atom stereocenters. The Morgan fingerprint density at radius 3 is 2.85 bits per heavy atom. The summed E-state index contributed by atoms with van der Waals surface area (Å²) in [5.74, 6) is 0.247. The van der Waals surface area contributed by atoms with Gasteiger partial charge in [0.1, 0.15) is 0 Å². The summed E-state index contributed by atoms with van der Waals surface area (Å²) in [7, 11) is 0. The second kappa shape index (κ2) is 4.09. The Morgan fingerprint density at radius 2 is 2.31 bits per heavy atom. The quantitative estimate of drug-likeness (QED) is 0.558. The summed E-state index contributed by atoms with van der Waals surface area (Å²) in [6.45, 7) is 2.15. The third kappa shape index (κ3) is 2.32. The average Bonchev–Trinajstić information content (AvgIpc) is 2.08. The zero-order valence-electron chi connectivity index (χ0n) is 6.99. The van der Waals surface area contributed by atoms with Gasteiger partial charge in [0, 0.05) is 11.1 Å². The molecule has 0 spiro atoms. The van der Waals surface area contributed by atoms with Gasteiger partial charge in [-0.15, -0.1) is 0 Å². The second-order valence-electron chi connectivity index (χ2n) is 2.30. The van der Waals surface area contributed by atoms with E-state index in [-0.39, 0.29) is 11.4 Å². The van der Waals surface area contributed by atoms with E-state index in [9.17, 15) is 10.1 Å². The maximum atomic E-state index is 10.5. The Morgan fingerprint density at radius 1 is 1.62 bits per heavy atom. The first-order chi connectivity index (χ1) is 6.15. The summed E-state index contributed by atoms with van der Waals surface area (Å²) in [4.78, 5) is 10.00. The van der Waals surface area contributed by atoms with Gasteiger partial charge in [0.05, 0.1) is 11.5 Å². The van der Waals surface area contributed by atoms with E-state index in [1.54, 1.807) is 13.0 Å². The third-order valence-electron chi connectivity index (χ3n) is 1.42. The lowest BCUT2D eigenvalue weighted by atomic mass is 10.3. The summed E-state index contributed by atoms with van der Waals surface area (Å²) in [5, 5.41) is 10.8. The molecule has 13 heavy (non-hydrogen) atoms. The van der Waals surface area contributed by atoms with Gasteiger partial charge in [0.25, 0.3) is 0 Å². The molecule has 70 valence electrons. The molecule has 0 saturated carbocycles. The van der Waals surface area contributed by atoms with E-state index in [2.05, 4.69) is 0 Å². The molecule has 0 heterocycles. The van der Waals surface area contributed by atoms with E-state index < -0.39 is 4.92 Å². The van der Waals surface area contributed by atoms with Crippen LogP contribution in [0.25, 0.3) is 0 Å². The highest BCUT2D eigenvalue weighted by Crippen LogP contribution is 2.29. The lowest BCUT2D eigenvalue weighted by molar-refractivity contribution is -0.385. The van der Waals surface area contributed by atoms with Crippen LogP contribution >= 0.6 is 11.6 Å². The van der Waals surface area contributed by atoms with Crippen molar-refractivity contribution in [1.29, 1.82) is 0 Å². The van der Waals surface area contributed by atoms with Crippen LogP contribution in [0.15, 0.2) is 18.2 Å². The van der Waals surface area contributed by atoms with Crippen molar-refractivity contribution < 1.29 is 9.66 Å². The summed E-state index contributed by atoms with van der Waals surface area (Å²) in [5.41, 5.74) is -0.102. The molecule has 0 fully saturated rings. The van der Waals surface area contributed by atoms with E-state index in [1.807, 2.05) is 0 Å². The van der Waals surface area contributed by atoms with Crippen LogP contribution in [0.2, 0.25) is 5.02 Å². The molecule has 5 heteroatoms. The smallest absolute Gasteiger partial charge is 0.312 e. The Labute approximate surface area is 80.2 Å². The molecule has 1 aromatic carbocycles. The van der Waals surface area contributed by atoms with Crippen LogP contribution in [0.3, 0.4) is 0 Å². The first-order valence-electron chi connectivity index (χ1n) is 3.72. The number of nitrogens with zero attached hydrogens (tertiary/aromatic N) is 1. The normalized spacial score (nSPS) is 9.69. The lowest BCUT2D eigenvalue weighted by Crippen LogP contribution is -1.96. The van der Waals surface area contributed by atoms with Crippen LogP contribution in [0, 0.1) is 10.1 Å². The van der Waals surface area contributed by atoms with Crippen LogP contribution < -0.4 is 4.74 Å². The van der Waals surface area contributed by atoms with Gasteiger partial charge in [-0.1, -0.05) is 11.6 Å². The summed E-state index contributed by atoms with van der Waals surface area (Å²) < 4.78 is 5.05. The second-order valence-corrected chi connectivity index (χ2v) is 2.74. The molecule has 0 aliphatic carbocycles. The summed E-state index contributed by atoms with van der Waals surface area (Å²) in [6.07, 6.45) is 0. The van der Waals surface area contributed by atoms with Crippen molar-refractivity contribution in [1.82, 2.24) is 0 Å². The summed E-state index contributed by atoms with van der Waals surface area (Å²) in [6, 6.07) is 4.32. The number of hydrogen-bond donors (Lipinski definition) is 0. The molecule has 0 aliphatic heterocycles. The summed E-state index contributed by atoms with van der Waals surface area (Å²) >= 11 is 5.60. The highest BCUT2D eigenvalue weighted by molar-refractivity contribution is 6.30. The van der Waals surface area contributed by atoms with Gasteiger partial charge in [0.15, 0.2) is 5.75 Å². The number of nitro benzene ring substituents is 1. The Hall–Kier alpha value is -1.29. The molecular formula is C8H8ClNO3. The Balaban J connectivity index is 3.10. The van der Waals surface area contributed by atoms with Crippen molar-refractivity contribution in [3.63, 3.8) is 0 Å². The van der Waals surface area contributed by atoms with Gasteiger partial charge in [-0.25, -0.2) is 0 Å². The average molecular weight is 202 g/mol. The predicted octanol–water partition coefficient (Wildman–Crippen LogP) is 2.65. The maximum Gasteiger partial charge on any atom is 0.312 e. The number of nitro groups is 1. The van der Waals surface area contributed by atoms with Gasteiger partial charge in [-0.05, 0) is 19.1 Å². The first kappa shape index (κ1) is 9.80. The fourth-order valence-corrected chi connectivity index (χ4v) is 1.08. The van der Waals surface area contributed by atoms with Gasteiger partial charge < -0.3 is 4.74 Å². The third-order valence-corrected chi connectivity index (χ3v) is 1.65. The Kier molecular flexibility index (Phi) is 3.08. The van der Waals surface area contributed by atoms with Gasteiger partial charge in [-0.2, -0.15) is 0 Å². The largest absolute Gasteiger partial charge is 0.487 e. The van der Waals surface area contributed by atoms with E-state index >= 15 is 0 Å². The van der Waals surface area contributed by atoms with E-state index in [1.165, 1.54) is 12.1 Å². The highest BCUT2D eigenvalue weighted by atomic mass is 35.5. The maximum absolute atomic E-state index is 10.5. The molecule has 0 aliphatic rings. The van der Waals surface area contributed by atoms with Crippen molar-refractivity contribution in [2.24, 2.45) is 0 Å². The van der Waals surface area contributed by atoms with Crippen LogP contribution in [0.4, 0.5) is 5.69 Å². The van der Waals surface area contributed by atoms with Crippen molar-refractivity contribution >= 4 is 17.3 Å². The number of hydrogen-bond acceptors (Lipinski definition) is 3. The highest BCUT2D eigenvalue weighted by Gasteiger charge is 2.14. The van der Waals surface area contributed by atoms with Crippen LogP contribution in [0.5, 0.6) is 5.75 Å².